The predicted molar refractivity (Wildman–Crippen MR) is 76.6 cm³/mol. The van der Waals surface area contributed by atoms with Crippen LogP contribution >= 0.6 is 27.5 Å². The van der Waals surface area contributed by atoms with Crippen LogP contribution in [0.4, 0.5) is 0 Å². The van der Waals surface area contributed by atoms with E-state index in [-0.39, 0.29) is 0 Å². The van der Waals surface area contributed by atoms with Gasteiger partial charge in [-0.1, -0.05) is 17.7 Å². The summed E-state index contributed by atoms with van der Waals surface area (Å²) in [4.78, 5) is 4.11. The number of pyridine rings is 1. The molecule has 0 aliphatic carbocycles. The number of rotatable bonds is 4. The molecule has 4 nitrogen and oxygen atoms in total. The lowest BCUT2D eigenvalue weighted by Crippen LogP contribution is -1.96. The molecule has 0 radical (unpaired) electrons. The van der Waals surface area contributed by atoms with Gasteiger partial charge in [-0.3, -0.25) is 0 Å². The Kier molecular flexibility index (Phi) is 4.50. The molecule has 0 fully saturated rings. The van der Waals surface area contributed by atoms with Gasteiger partial charge in [-0.2, -0.15) is 0 Å². The summed E-state index contributed by atoms with van der Waals surface area (Å²) in [7, 11) is 3.12. The van der Waals surface area contributed by atoms with Gasteiger partial charge in [0.05, 0.1) is 23.7 Å². The van der Waals surface area contributed by atoms with E-state index in [4.69, 9.17) is 25.8 Å². The number of nitrogens with zero attached hydrogens (tertiary/aromatic N) is 1. The quantitative estimate of drug-likeness (QED) is 0.829. The third-order valence-electron chi connectivity index (χ3n) is 2.36. The van der Waals surface area contributed by atoms with Crippen molar-refractivity contribution in [2.75, 3.05) is 14.2 Å². The summed E-state index contributed by atoms with van der Waals surface area (Å²) in [5, 5.41) is 0.520. The fourth-order valence-corrected chi connectivity index (χ4v) is 2.21. The Morgan fingerprint density at radius 3 is 2.32 bits per heavy atom. The van der Waals surface area contributed by atoms with Crippen molar-refractivity contribution in [3.63, 3.8) is 0 Å². The third-order valence-corrected chi connectivity index (χ3v) is 3.13. The number of para-hydroxylation sites is 1. The van der Waals surface area contributed by atoms with Crippen molar-refractivity contribution in [1.29, 1.82) is 0 Å². The minimum Gasteiger partial charge on any atom is -0.493 e. The van der Waals surface area contributed by atoms with Crippen molar-refractivity contribution in [1.82, 2.24) is 4.98 Å². The highest BCUT2D eigenvalue weighted by Gasteiger charge is 2.14. The van der Waals surface area contributed by atoms with Crippen molar-refractivity contribution < 1.29 is 14.2 Å². The molecule has 0 spiro atoms. The van der Waals surface area contributed by atoms with Crippen LogP contribution in [0.15, 0.2) is 34.9 Å². The van der Waals surface area contributed by atoms with Crippen LogP contribution < -0.4 is 14.2 Å². The van der Waals surface area contributed by atoms with Crippen LogP contribution in [0, 0.1) is 0 Å². The molecule has 0 atom stereocenters. The summed E-state index contributed by atoms with van der Waals surface area (Å²) in [6.45, 7) is 0. The smallest absolute Gasteiger partial charge is 0.234 e. The van der Waals surface area contributed by atoms with Crippen LogP contribution in [-0.2, 0) is 0 Å². The number of benzene rings is 1. The van der Waals surface area contributed by atoms with Crippen molar-refractivity contribution in [3.8, 4) is 23.1 Å². The highest BCUT2D eigenvalue weighted by Crippen LogP contribution is 2.41. The van der Waals surface area contributed by atoms with Crippen LogP contribution in [0.1, 0.15) is 0 Å². The molecule has 0 bridgehead atoms. The first-order chi connectivity index (χ1) is 9.15. The highest BCUT2D eigenvalue weighted by atomic mass is 79.9. The maximum Gasteiger partial charge on any atom is 0.234 e. The Morgan fingerprint density at radius 1 is 1.16 bits per heavy atom. The number of ether oxygens (including phenoxy) is 3. The second kappa shape index (κ2) is 6.12. The van der Waals surface area contributed by atoms with Gasteiger partial charge in [0.1, 0.15) is 0 Å². The molecule has 6 heteroatoms. The SMILES string of the molecule is COc1cccc(OC)c1Oc1ncc(Cl)cc1Br. The van der Waals surface area contributed by atoms with Crippen molar-refractivity contribution in [2.24, 2.45) is 0 Å². The summed E-state index contributed by atoms with van der Waals surface area (Å²) < 4.78 is 16.9. The fourth-order valence-electron chi connectivity index (χ4n) is 1.49. The first-order valence-corrected chi connectivity index (χ1v) is 6.52. The van der Waals surface area contributed by atoms with Crippen LogP contribution in [-0.4, -0.2) is 19.2 Å². The second-order valence-electron chi connectivity index (χ2n) is 3.53. The van der Waals surface area contributed by atoms with Gasteiger partial charge in [0.25, 0.3) is 0 Å². The zero-order valence-corrected chi connectivity index (χ0v) is 12.7. The van der Waals surface area contributed by atoms with E-state index in [9.17, 15) is 0 Å². The van der Waals surface area contributed by atoms with Gasteiger partial charge >= 0.3 is 0 Å². The molecule has 0 saturated heterocycles. The predicted octanol–water partition coefficient (Wildman–Crippen LogP) is 4.31. The lowest BCUT2D eigenvalue weighted by atomic mass is 10.3. The standard InChI is InChI=1S/C13H11BrClNO3/c1-17-10-4-3-5-11(18-2)12(10)19-13-9(14)6-8(15)7-16-13/h3-7H,1-2H3. The van der Waals surface area contributed by atoms with Crippen LogP contribution in [0.5, 0.6) is 23.1 Å². The van der Waals surface area contributed by atoms with E-state index in [0.717, 1.165) is 0 Å². The number of aromatic nitrogens is 1. The third kappa shape index (κ3) is 3.11. The summed E-state index contributed by atoms with van der Waals surface area (Å²) in [5.41, 5.74) is 0. The topological polar surface area (TPSA) is 40.6 Å². The largest absolute Gasteiger partial charge is 0.493 e. The first kappa shape index (κ1) is 14.0. The minimum atomic E-state index is 0.382. The molecule has 19 heavy (non-hydrogen) atoms. The van der Waals surface area contributed by atoms with E-state index in [1.807, 2.05) is 6.07 Å². The molecule has 1 heterocycles. The Hall–Kier alpha value is -1.46. The molecule has 0 N–H and O–H groups in total. The molecule has 1 aromatic carbocycles. The molecule has 0 aliphatic rings. The Labute approximate surface area is 124 Å². The maximum atomic E-state index is 5.84. The summed E-state index contributed by atoms with van der Waals surface area (Å²) in [6.07, 6.45) is 1.50. The van der Waals surface area contributed by atoms with Gasteiger partial charge in [-0.15, -0.1) is 0 Å². The first-order valence-electron chi connectivity index (χ1n) is 5.35. The average Bonchev–Trinajstić information content (AvgIpc) is 2.42. The van der Waals surface area contributed by atoms with Crippen molar-refractivity contribution >= 4 is 27.5 Å². The number of hydrogen-bond donors (Lipinski definition) is 0. The zero-order valence-electron chi connectivity index (χ0n) is 10.3. The molecule has 0 aliphatic heterocycles. The van der Waals surface area contributed by atoms with Gasteiger partial charge in [-0.05, 0) is 34.1 Å². The Bertz CT molecular complexity index is 570. The molecule has 0 unspecified atom stereocenters. The lowest BCUT2D eigenvalue weighted by Gasteiger charge is -2.13. The summed E-state index contributed by atoms with van der Waals surface area (Å²) in [5.74, 6) is 1.96. The molecule has 1 aromatic heterocycles. The Morgan fingerprint density at radius 2 is 1.79 bits per heavy atom. The van der Waals surface area contributed by atoms with E-state index in [0.29, 0.717) is 32.6 Å². The van der Waals surface area contributed by atoms with E-state index in [1.165, 1.54) is 6.20 Å². The van der Waals surface area contributed by atoms with Gasteiger partial charge in [0.2, 0.25) is 11.6 Å². The molecule has 100 valence electrons. The number of methoxy groups -OCH3 is 2. The normalized spacial score (nSPS) is 10.1. The highest BCUT2D eigenvalue weighted by molar-refractivity contribution is 9.10. The zero-order chi connectivity index (χ0) is 13.8. The molecular weight excluding hydrogens is 334 g/mol. The van der Waals surface area contributed by atoms with E-state index in [1.54, 1.807) is 32.4 Å². The summed E-state index contributed by atoms with van der Waals surface area (Å²) in [6, 6.07) is 7.07. The maximum absolute atomic E-state index is 5.84. The molecule has 0 saturated carbocycles. The van der Waals surface area contributed by atoms with E-state index >= 15 is 0 Å². The van der Waals surface area contributed by atoms with Gasteiger partial charge < -0.3 is 14.2 Å². The fraction of sp³-hybridized carbons (Fsp3) is 0.154. The van der Waals surface area contributed by atoms with Gasteiger partial charge in [-0.25, -0.2) is 4.98 Å². The lowest BCUT2D eigenvalue weighted by molar-refractivity contribution is 0.341. The minimum absolute atomic E-state index is 0.382. The molecule has 0 amide bonds. The molecule has 2 aromatic rings. The number of halogens is 2. The van der Waals surface area contributed by atoms with Crippen LogP contribution in [0.3, 0.4) is 0 Å². The Balaban J connectivity index is 2.42. The molecule has 2 rings (SSSR count). The van der Waals surface area contributed by atoms with Crippen molar-refractivity contribution in [3.05, 3.63) is 40.0 Å². The monoisotopic (exact) mass is 343 g/mol. The second-order valence-corrected chi connectivity index (χ2v) is 4.83. The van der Waals surface area contributed by atoms with Gasteiger partial charge in [0.15, 0.2) is 11.5 Å². The summed E-state index contributed by atoms with van der Waals surface area (Å²) >= 11 is 9.18. The van der Waals surface area contributed by atoms with Crippen LogP contribution in [0.25, 0.3) is 0 Å². The molecular formula is C13H11BrClNO3. The average molecular weight is 345 g/mol. The van der Waals surface area contributed by atoms with Crippen molar-refractivity contribution in [2.45, 2.75) is 0 Å². The number of hydrogen-bond acceptors (Lipinski definition) is 4. The van der Waals surface area contributed by atoms with Gasteiger partial charge in [0, 0.05) is 6.20 Å². The van der Waals surface area contributed by atoms with E-state index in [2.05, 4.69) is 20.9 Å². The van der Waals surface area contributed by atoms with Crippen LogP contribution in [0.2, 0.25) is 5.02 Å². The van der Waals surface area contributed by atoms with E-state index < -0.39 is 0 Å².